The first-order valence-electron chi connectivity index (χ1n) is 5.29. The maximum absolute atomic E-state index is 12.2. The molecular formula is C10H13F3N2O. The Labute approximate surface area is 91.0 Å². The van der Waals surface area contributed by atoms with E-state index in [4.69, 9.17) is 4.52 Å². The second kappa shape index (κ2) is 4.45. The van der Waals surface area contributed by atoms with E-state index in [9.17, 15) is 13.2 Å². The van der Waals surface area contributed by atoms with Crippen molar-refractivity contribution in [1.29, 1.82) is 0 Å². The van der Waals surface area contributed by atoms with Crippen LogP contribution < -0.4 is 5.32 Å². The Kier molecular flexibility index (Phi) is 3.18. The highest BCUT2D eigenvalue weighted by Crippen LogP contribution is 2.29. The number of halogens is 3. The number of hydrogen-bond acceptors (Lipinski definition) is 3. The highest BCUT2D eigenvalue weighted by Gasteiger charge is 2.35. The van der Waals surface area contributed by atoms with Crippen LogP contribution in [0.3, 0.4) is 0 Å². The minimum Gasteiger partial charge on any atom is -0.361 e. The Morgan fingerprint density at radius 1 is 1.50 bits per heavy atom. The Morgan fingerprint density at radius 3 is 2.88 bits per heavy atom. The van der Waals surface area contributed by atoms with E-state index in [1.54, 1.807) is 0 Å². The van der Waals surface area contributed by atoms with Crippen LogP contribution in [0, 0.1) is 5.92 Å². The van der Waals surface area contributed by atoms with Crippen molar-refractivity contribution in [3.05, 3.63) is 17.5 Å². The molecule has 1 unspecified atom stereocenters. The van der Waals surface area contributed by atoms with Gasteiger partial charge in [0, 0.05) is 12.5 Å². The van der Waals surface area contributed by atoms with Crippen LogP contribution in [-0.2, 0) is 12.6 Å². The molecule has 1 aliphatic rings. The van der Waals surface area contributed by atoms with Gasteiger partial charge < -0.3 is 9.84 Å². The van der Waals surface area contributed by atoms with Crippen molar-refractivity contribution >= 4 is 0 Å². The lowest BCUT2D eigenvalue weighted by atomic mass is 9.95. The quantitative estimate of drug-likeness (QED) is 0.852. The smallest absolute Gasteiger partial charge is 0.361 e. The number of piperidine rings is 1. The Bertz CT molecular complexity index is 342. The fraction of sp³-hybridized carbons (Fsp3) is 0.700. The van der Waals surface area contributed by atoms with Gasteiger partial charge in [0.05, 0.1) is 0 Å². The van der Waals surface area contributed by atoms with Gasteiger partial charge in [-0.3, -0.25) is 0 Å². The number of alkyl halides is 3. The standard InChI is InChI=1S/C10H13F3N2O/c11-10(12,13)9-5-8(16-15-9)4-7-2-1-3-14-6-7/h5,7,14H,1-4,6H2. The van der Waals surface area contributed by atoms with Crippen LogP contribution in [0.25, 0.3) is 0 Å². The zero-order chi connectivity index (χ0) is 11.6. The molecule has 90 valence electrons. The second-order valence-electron chi connectivity index (χ2n) is 4.09. The van der Waals surface area contributed by atoms with Gasteiger partial charge in [-0.25, -0.2) is 0 Å². The molecule has 0 aliphatic carbocycles. The molecule has 2 heterocycles. The first-order valence-corrected chi connectivity index (χ1v) is 5.29. The maximum Gasteiger partial charge on any atom is 0.436 e. The van der Waals surface area contributed by atoms with Crippen molar-refractivity contribution in [2.45, 2.75) is 25.4 Å². The normalized spacial score (nSPS) is 22.3. The first-order chi connectivity index (χ1) is 7.55. The molecule has 0 radical (unpaired) electrons. The molecule has 1 aromatic rings. The number of aromatic nitrogens is 1. The molecule has 3 nitrogen and oxygen atoms in total. The summed E-state index contributed by atoms with van der Waals surface area (Å²) in [5.41, 5.74) is -0.939. The van der Waals surface area contributed by atoms with E-state index in [1.807, 2.05) is 0 Å². The van der Waals surface area contributed by atoms with Gasteiger partial charge in [-0.05, 0) is 31.8 Å². The lowest BCUT2D eigenvalue weighted by molar-refractivity contribution is -0.142. The summed E-state index contributed by atoms with van der Waals surface area (Å²) in [6.07, 6.45) is -1.80. The third-order valence-corrected chi connectivity index (χ3v) is 2.74. The molecule has 1 fully saturated rings. The summed E-state index contributed by atoms with van der Waals surface area (Å²) < 4.78 is 41.4. The van der Waals surface area contributed by atoms with Crippen LogP contribution in [0.1, 0.15) is 24.3 Å². The number of hydrogen-bond donors (Lipinski definition) is 1. The molecule has 0 amide bonds. The van der Waals surface area contributed by atoms with Crippen LogP contribution in [0.15, 0.2) is 10.6 Å². The molecule has 0 saturated carbocycles. The van der Waals surface area contributed by atoms with E-state index in [0.29, 0.717) is 18.1 Å². The molecule has 1 atom stereocenters. The summed E-state index contributed by atoms with van der Waals surface area (Å²) in [6.45, 7) is 1.82. The van der Waals surface area contributed by atoms with E-state index in [2.05, 4.69) is 10.5 Å². The highest BCUT2D eigenvalue weighted by molar-refractivity contribution is 5.09. The lowest BCUT2D eigenvalue weighted by Gasteiger charge is -2.21. The van der Waals surface area contributed by atoms with Gasteiger partial charge in [-0.2, -0.15) is 13.2 Å². The summed E-state index contributed by atoms with van der Waals surface area (Å²) in [7, 11) is 0. The van der Waals surface area contributed by atoms with Gasteiger partial charge >= 0.3 is 6.18 Å². The molecule has 6 heteroatoms. The molecular weight excluding hydrogens is 221 g/mol. The average Bonchev–Trinajstić information content (AvgIpc) is 2.67. The van der Waals surface area contributed by atoms with Gasteiger partial charge in [0.1, 0.15) is 5.76 Å². The van der Waals surface area contributed by atoms with Gasteiger partial charge in [-0.15, -0.1) is 0 Å². The minimum atomic E-state index is -4.41. The Balaban J connectivity index is 1.97. The number of nitrogens with one attached hydrogen (secondary N) is 1. The van der Waals surface area contributed by atoms with Crippen LogP contribution >= 0.6 is 0 Å². The zero-order valence-electron chi connectivity index (χ0n) is 8.68. The Hall–Kier alpha value is -1.04. The predicted octanol–water partition coefficient (Wildman–Crippen LogP) is 2.24. The first kappa shape index (κ1) is 11.4. The summed E-state index contributed by atoms with van der Waals surface area (Å²) in [5, 5.41) is 6.24. The molecule has 0 aromatic carbocycles. The Morgan fingerprint density at radius 2 is 2.31 bits per heavy atom. The summed E-state index contributed by atoms with van der Waals surface area (Å²) in [4.78, 5) is 0. The topological polar surface area (TPSA) is 38.1 Å². The van der Waals surface area contributed by atoms with Gasteiger partial charge in [-0.1, -0.05) is 5.16 Å². The molecule has 1 aliphatic heterocycles. The molecule has 1 saturated heterocycles. The van der Waals surface area contributed by atoms with Gasteiger partial charge in [0.15, 0.2) is 5.69 Å². The van der Waals surface area contributed by atoms with E-state index < -0.39 is 11.9 Å². The summed E-state index contributed by atoms with van der Waals surface area (Å²) in [6, 6.07) is 0.995. The summed E-state index contributed by atoms with van der Waals surface area (Å²) in [5.74, 6) is 0.670. The lowest BCUT2D eigenvalue weighted by Crippen LogP contribution is -2.30. The number of rotatable bonds is 2. The molecule has 0 bridgehead atoms. The van der Waals surface area contributed by atoms with E-state index in [-0.39, 0.29) is 0 Å². The molecule has 1 N–H and O–H groups in total. The maximum atomic E-state index is 12.2. The van der Waals surface area contributed by atoms with E-state index in [0.717, 1.165) is 32.0 Å². The van der Waals surface area contributed by atoms with Crippen LogP contribution in [0.4, 0.5) is 13.2 Å². The molecule has 1 aromatic heterocycles. The largest absolute Gasteiger partial charge is 0.436 e. The van der Waals surface area contributed by atoms with Crippen molar-refractivity contribution in [1.82, 2.24) is 10.5 Å². The van der Waals surface area contributed by atoms with Crippen molar-refractivity contribution in [3.63, 3.8) is 0 Å². The minimum absolute atomic E-state index is 0.320. The van der Waals surface area contributed by atoms with Gasteiger partial charge in [0.2, 0.25) is 0 Å². The third kappa shape index (κ3) is 2.75. The second-order valence-corrected chi connectivity index (χ2v) is 4.09. The molecule has 2 rings (SSSR count). The monoisotopic (exact) mass is 234 g/mol. The zero-order valence-corrected chi connectivity index (χ0v) is 8.68. The third-order valence-electron chi connectivity index (χ3n) is 2.74. The fourth-order valence-corrected chi connectivity index (χ4v) is 1.93. The number of nitrogens with zero attached hydrogens (tertiary/aromatic N) is 1. The van der Waals surface area contributed by atoms with Crippen LogP contribution in [0.2, 0.25) is 0 Å². The highest BCUT2D eigenvalue weighted by atomic mass is 19.4. The van der Waals surface area contributed by atoms with Crippen LogP contribution in [-0.4, -0.2) is 18.2 Å². The van der Waals surface area contributed by atoms with Gasteiger partial charge in [0.25, 0.3) is 0 Å². The average molecular weight is 234 g/mol. The van der Waals surface area contributed by atoms with Crippen molar-refractivity contribution < 1.29 is 17.7 Å². The van der Waals surface area contributed by atoms with E-state index in [1.165, 1.54) is 0 Å². The SMILES string of the molecule is FC(F)(F)c1cc(CC2CCCNC2)on1. The summed E-state index contributed by atoms with van der Waals surface area (Å²) >= 11 is 0. The fourth-order valence-electron chi connectivity index (χ4n) is 1.93. The van der Waals surface area contributed by atoms with Crippen molar-refractivity contribution in [3.8, 4) is 0 Å². The van der Waals surface area contributed by atoms with Crippen molar-refractivity contribution in [2.24, 2.45) is 5.92 Å². The molecule has 16 heavy (non-hydrogen) atoms. The predicted molar refractivity (Wildman–Crippen MR) is 50.8 cm³/mol. The van der Waals surface area contributed by atoms with Crippen LogP contribution in [0.5, 0.6) is 0 Å². The van der Waals surface area contributed by atoms with Crippen molar-refractivity contribution in [2.75, 3.05) is 13.1 Å². The molecule has 0 spiro atoms. The van der Waals surface area contributed by atoms with E-state index >= 15 is 0 Å².